The summed E-state index contributed by atoms with van der Waals surface area (Å²) in [7, 11) is 0. The SMILES string of the molecule is CCCC(OCC1CCOCC1)C(=O)NN. The first-order valence-corrected chi connectivity index (χ1v) is 5.97. The molecule has 0 bridgehead atoms. The lowest BCUT2D eigenvalue weighted by atomic mass is 10.0. The molecule has 0 aromatic carbocycles. The van der Waals surface area contributed by atoms with Crippen LogP contribution in [-0.2, 0) is 14.3 Å². The van der Waals surface area contributed by atoms with E-state index in [4.69, 9.17) is 15.3 Å². The zero-order valence-electron chi connectivity index (χ0n) is 9.91. The summed E-state index contributed by atoms with van der Waals surface area (Å²) in [6, 6.07) is 0. The number of hydrogen-bond donors (Lipinski definition) is 2. The Hall–Kier alpha value is -0.650. The van der Waals surface area contributed by atoms with E-state index in [0.29, 0.717) is 18.9 Å². The highest BCUT2D eigenvalue weighted by Crippen LogP contribution is 2.16. The van der Waals surface area contributed by atoms with E-state index in [1.165, 1.54) is 0 Å². The Bertz CT molecular complexity index is 205. The molecule has 0 spiro atoms. The van der Waals surface area contributed by atoms with E-state index in [1.807, 2.05) is 6.92 Å². The van der Waals surface area contributed by atoms with Crippen LogP contribution in [-0.4, -0.2) is 31.8 Å². The van der Waals surface area contributed by atoms with E-state index < -0.39 is 6.10 Å². The molecule has 1 atom stereocenters. The summed E-state index contributed by atoms with van der Waals surface area (Å²) in [6.45, 7) is 4.25. The van der Waals surface area contributed by atoms with Crippen molar-refractivity contribution >= 4 is 5.91 Å². The first-order valence-electron chi connectivity index (χ1n) is 5.97. The summed E-state index contributed by atoms with van der Waals surface area (Å²) < 4.78 is 10.9. The van der Waals surface area contributed by atoms with Gasteiger partial charge in [-0.05, 0) is 25.2 Å². The minimum absolute atomic E-state index is 0.228. The van der Waals surface area contributed by atoms with E-state index in [9.17, 15) is 4.79 Å². The maximum absolute atomic E-state index is 11.4. The Balaban J connectivity index is 2.27. The van der Waals surface area contributed by atoms with E-state index >= 15 is 0 Å². The van der Waals surface area contributed by atoms with E-state index in [1.54, 1.807) is 0 Å². The third-order valence-electron chi connectivity index (χ3n) is 2.86. The van der Waals surface area contributed by atoms with Gasteiger partial charge in [-0.3, -0.25) is 10.2 Å². The second-order valence-electron chi connectivity index (χ2n) is 4.17. The molecule has 94 valence electrons. The quantitative estimate of drug-likeness (QED) is 0.398. The second kappa shape index (κ2) is 7.60. The largest absolute Gasteiger partial charge is 0.381 e. The van der Waals surface area contributed by atoms with Crippen molar-refractivity contribution < 1.29 is 14.3 Å². The summed E-state index contributed by atoms with van der Waals surface area (Å²) in [5.74, 6) is 5.40. The predicted molar refractivity (Wildman–Crippen MR) is 60.5 cm³/mol. The summed E-state index contributed by atoms with van der Waals surface area (Å²) in [4.78, 5) is 11.4. The molecule has 0 aromatic heterocycles. The Morgan fingerprint density at radius 3 is 2.81 bits per heavy atom. The molecule has 1 amide bonds. The maximum Gasteiger partial charge on any atom is 0.262 e. The Labute approximate surface area is 96.6 Å². The fraction of sp³-hybridized carbons (Fsp3) is 0.909. The van der Waals surface area contributed by atoms with Crippen LogP contribution < -0.4 is 11.3 Å². The molecule has 1 fully saturated rings. The molecule has 0 radical (unpaired) electrons. The number of carbonyl (C=O) groups is 1. The van der Waals surface area contributed by atoms with Crippen molar-refractivity contribution in [3.63, 3.8) is 0 Å². The van der Waals surface area contributed by atoms with Gasteiger partial charge in [0.15, 0.2) is 0 Å². The molecular weight excluding hydrogens is 208 g/mol. The van der Waals surface area contributed by atoms with E-state index in [2.05, 4.69) is 5.43 Å². The average Bonchev–Trinajstić information content (AvgIpc) is 2.34. The standard InChI is InChI=1S/C11H22N2O3/c1-2-3-10(11(14)13-12)16-8-9-4-6-15-7-5-9/h9-10H,2-8,12H2,1H3,(H,13,14). The number of hydrogen-bond acceptors (Lipinski definition) is 4. The van der Waals surface area contributed by atoms with E-state index in [-0.39, 0.29) is 5.91 Å². The summed E-state index contributed by atoms with van der Waals surface area (Å²) in [5.41, 5.74) is 2.15. The van der Waals surface area contributed by atoms with Crippen molar-refractivity contribution in [2.45, 2.75) is 38.7 Å². The van der Waals surface area contributed by atoms with Gasteiger partial charge in [0.2, 0.25) is 0 Å². The molecule has 0 aromatic rings. The molecule has 3 N–H and O–H groups in total. The second-order valence-corrected chi connectivity index (χ2v) is 4.17. The van der Waals surface area contributed by atoms with Crippen molar-refractivity contribution in [3.05, 3.63) is 0 Å². The van der Waals surface area contributed by atoms with Crippen LogP contribution in [0.4, 0.5) is 0 Å². The number of nitrogens with one attached hydrogen (secondary N) is 1. The molecule has 1 heterocycles. The highest BCUT2D eigenvalue weighted by atomic mass is 16.5. The monoisotopic (exact) mass is 230 g/mol. The van der Waals surface area contributed by atoms with Crippen LogP contribution in [0, 0.1) is 5.92 Å². The van der Waals surface area contributed by atoms with Gasteiger partial charge in [-0.25, -0.2) is 5.84 Å². The Morgan fingerprint density at radius 1 is 1.56 bits per heavy atom. The molecule has 1 unspecified atom stereocenters. The minimum Gasteiger partial charge on any atom is -0.381 e. The minimum atomic E-state index is -0.405. The Morgan fingerprint density at radius 2 is 2.25 bits per heavy atom. The molecular formula is C11H22N2O3. The van der Waals surface area contributed by atoms with Crippen molar-refractivity contribution in [1.29, 1.82) is 0 Å². The number of hydrazine groups is 1. The molecule has 0 saturated carbocycles. The van der Waals surface area contributed by atoms with Crippen molar-refractivity contribution in [3.8, 4) is 0 Å². The molecule has 5 nitrogen and oxygen atoms in total. The van der Waals surface area contributed by atoms with Crippen LogP contribution in [0.15, 0.2) is 0 Å². The molecule has 1 saturated heterocycles. The molecule has 1 rings (SSSR count). The lowest BCUT2D eigenvalue weighted by molar-refractivity contribution is -0.135. The third kappa shape index (κ3) is 4.47. The number of rotatable bonds is 6. The normalized spacial score (nSPS) is 19.4. The predicted octanol–water partition coefficient (Wildman–Crippen LogP) is 0.588. The number of ether oxygens (including phenoxy) is 2. The number of carbonyl (C=O) groups excluding carboxylic acids is 1. The average molecular weight is 230 g/mol. The lowest BCUT2D eigenvalue weighted by Crippen LogP contribution is -2.41. The smallest absolute Gasteiger partial charge is 0.262 e. The van der Waals surface area contributed by atoms with Crippen molar-refractivity contribution in [2.24, 2.45) is 11.8 Å². The summed E-state index contributed by atoms with van der Waals surface area (Å²) in [6.07, 6.45) is 3.25. The fourth-order valence-electron chi connectivity index (χ4n) is 1.81. The lowest BCUT2D eigenvalue weighted by Gasteiger charge is -2.24. The highest BCUT2D eigenvalue weighted by molar-refractivity contribution is 5.80. The van der Waals surface area contributed by atoms with Gasteiger partial charge in [-0.2, -0.15) is 0 Å². The van der Waals surface area contributed by atoms with Crippen LogP contribution in [0.2, 0.25) is 0 Å². The van der Waals surface area contributed by atoms with Crippen LogP contribution >= 0.6 is 0 Å². The van der Waals surface area contributed by atoms with Gasteiger partial charge in [-0.15, -0.1) is 0 Å². The van der Waals surface area contributed by atoms with Crippen molar-refractivity contribution in [1.82, 2.24) is 5.43 Å². The molecule has 0 aliphatic carbocycles. The van der Waals surface area contributed by atoms with Gasteiger partial charge in [-0.1, -0.05) is 13.3 Å². The van der Waals surface area contributed by atoms with Crippen LogP contribution in [0.5, 0.6) is 0 Å². The number of nitrogens with two attached hydrogens (primary N) is 1. The van der Waals surface area contributed by atoms with Gasteiger partial charge < -0.3 is 9.47 Å². The van der Waals surface area contributed by atoms with Crippen LogP contribution in [0.25, 0.3) is 0 Å². The van der Waals surface area contributed by atoms with Crippen molar-refractivity contribution in [2.75, 3.05) is 19.8 Å². The highest BCUT2D eigenvalue weighted by Gasteiger charge is 2.20. The first kappa shape index (κ1) is 13.4. The number of amides is 1. The topological polar surface area (TPSA) is 73.6 Å². The third-order valence-corrected chi connectivity index (χ3v) is 2.86. The zero-order valence-corrected chi connectivity index (χ0v) is 9.91. The van der Waals surface area contributed by atoms with Gasteiger partial charge in [0.25, 0.3) is 5.91 Å². The van der Waals surface area contributed by atoms with Gasteiger partial charge in [0.05, 0.1) is 6.61 Å². The summed E-state index contributed by atoms with van der Waals surface area (Å²) in [5, 5.41) is 0. The van der Waals surface area contributed by atoms with E-state index in [0.717, 1.165) is 32.5 Å². The summed E-state index contributed by atoms with van der Waals surface area (Å²) >= 11 is 0. The zero-order chi connectivity index (χ0) is 11.8. The van der Waals surface area contributed by atoms with Crippen LogP contribution in [0.3, 0.4) is 0 Å². The molecule has 1 aliphatic heterocycles. The van der Waals surface area contributed by atoms with Gasteiger partial charge >= 0.3 is 0 Å². The Kier molecular flexibility index (Phi) is 6.37. The van der Waals surface area contributed by atoms with Gasteiger partial charge in [0, 0.05) is 13.2 Å². The molecule has 16 heavy (non-hydrogen) atoms. The molecule has 5 heteroatoms. The maximum atomic E-state index is 11.4. The van der Waals surface area contributed by atoms with Gasteiger partial charge in [0.1, 0.15) is 6.10 Å². The molecule has 1 aliphatic rings. The fourth-order valence-corrected chi connectivity index (χ4v) is 1.81. The van der Waals surface area contributed by atoms with Crippen LogP contribution in [0.1, 0.15) is 32.6 Å². The first-order chi connectivity index (χ1) is 7.77.